The second kappa shape index (κ2) is 4.34. The molecule has 1 saturated carbocycles. The summed E-state index contributed by atoms with van der Waals surface area (Å²) < 4.78 is 18.9. The third kappa shape index (κ3) is 1.76. The van der Waals surface area contributed by atoms with Crippen molar-refractivity contribution in [2.24, 2.45) is 0 Å². The summed E-state index contributed by atoms with van der Waals surface area (Å²) in [6.45, 7) is 0. The van der Waals surface area contributed by atoms with Crippen LogP contribution in [0.25, 0.3) is 0 Å². The Bertz CT molecular complexity index is 395. The molecule has 0 aromatic heterocycles. The van der Waals surface area contributed by atoms with Crippen LogP contribution in [0.3, 0.4) is 0 Å². The maximum Gasteiger partial charge on any atom is 0.197 e. The number of methoxy groups -OCH3 is 1. The second-order valence-electron chi connectivity index (χ2n) is 4.21. The zero-order chi connectivity index (χ0) is 11.6. The van der Waals surface area contributed by atoms with Crippen molar-refractivity contribution in [1.82, 2.24) is 0 Å². The fourth-order valence-electron chi connectivity index (χ4n) is 2.36. The van der Waals surface area contributed by atoms with Gasteiger partial charge in [-0.3, -0.25) is 4.79 Å². The highest BCUT2D eigenvalue weighted by Crippen LogP contribution is 2.35. The molecule has 0 atom stereocenters. The lowest BCUT2D eigenvalue weighted by Gasteiger charge is -2.25. The van der Waals surface area contributed by atoms with Crippen molar-refractivity contribution < 1.29 is 13.9 Å². The van der Waals surface area contributed by atoms with E-state index < -0.39 is 11.4 Å². The zero-order valence-corrected chi connectivity index (χ0v) is 9.33. The molecule has 0 bridgehead atoms. The Balaban J connectivity index is 2.34. The molecular formula is C13H15FO2. The highest BCUT2D eigenvalue weighted by atomic mass is 19.1. The van der Waals surface area contributed by atoms with Crippen LogP contribution in [-0.4, -0.2) is 18.5 Å². The molecule has 1 aliphatic carbocycles. The van der Waals surface area contributed by atoms with Crippen molar-refractivity contribution in [3.05, 3.63) is 35.6 Å². The molecule has 2 rings (SSSR count). The standard InChI is InChI=1S/C13H15FO2/c1-16-13(8-4-5-9-13)12(15)10-6-2-3-7-11(10)14/h2-3,6-7H,4-5,8-9H2,1H3. The molecule has 1 aliphatic rings. The van der Waals surface area contributed by atoms with E-state index >= 15 is 0 Å². The molecule has 1 aromatic rings. The molecule has 0 aliphatic heterocycles. The van der Waals surface area contributed by atoms with Crippen molar-refractivity contribution in [1.29, 1.82) is 0 Å². The van der Waals surface area contributed by atoms with E-state index in [4.69, 9.17) is 4.74 Å². The van der Waals surface area contributed by atoms with E-state index in [1.54, 1.807) is 12.1 Å². The quantitative estimate of drug-likeness (QED) is 0.735. The number of carbonyl (C=O) groups is 1. The van der Waals surface area contributed by atoms with E-state index in [2.05, 4.69) is 0 Å². The molecule has 0 unspecified atom stereocenters. The molecular weight excluding hydrogens is 207 g/mol. The highest BCUT2D eigenvalue weighted by Gasteiger charge is 2.42. The summed E-state index contributed by atoms with van der Waals surface area (Å²) in [6, 6.07) is 6.09. The molecule has 0 heterocycles. The normalized spacial score (nSPS) is 18.6. The lowest BCUT2D eigenvalue weighted by atomic mass is 9.91. The first-order valence-electron chi connectivity index (χ1n) is 5.54. The number of benzene rings is 1. The van der Waals surface area contributed by atoms with Crippen LogP contribution in [0.5, 0.6) is 0 Å². The van der Waals surface area contributed by atoms with Crippen LogP contribution in [0.1, 0.15) is 36.0 Å². The zero-order valence-electron chi connectivity index (χ0n) is 9.33. The van der Waals surface area contributed by atoms with E-state index in [9.17, 15) is 9.18 Å². The first-order chi connectivity index (χ1) is 7.69. The Kier molecular flexibility index (Phi) is 3.06. The maximum atomic E-state index is 13.5. The van der Waals surface area contributed by atoms with E-state index in [0.29, 0.717) is 12.8 Å². The summed E-state index contributed by atoms with van der Waals surface area (Å²) in [5.74, 6) is -0.679. The van der Waals surface area contributed by atoms with Crippen LogP contribution in [-0.2, 0) is 4.74 Å². The number of ether oxygens (including phenoxy) is 1. The molecule has 3 heteroatoms. The third-order valence-corrected chi connectivity index (χ3v) is 3.33. The number of halogens is 1. The van der Waals surface area contributed by atoms with Crippen molar-refractivity contribution >= 4 is 5.78 Å². The van der Waals surface area contributed by atoms with E-state index in [1.165, 1.54) is 19.2 Å². The van der Waals surface area contributed by atoms with Crippen LogP contribution in [0.15, 0.2) is 24.3 Å². The predicted molar refractivity (Wildman–Crippen MR) is 58.9 cm³/mol. The van der Waals surface area contributed by atoms with Crippen LogP contribution in [0.4, 0.5) is 4.39 Å². The van der Waals surface area contributed by atoms with Gasteiger partial charge in [0.05, 0.1) is 5.56 Å². The van der Waals surface area contributed by atoms with Crippen LogP contribution < -0.4 is 0 Å². The maximum absolute atomic E-state index is 13.5. The molecule has 86 valence electrons. The first kappa shape index (κ1) is 11.3. The minimum absolute atomic E-state index is 0.145. The van der Waals surface area contributed by atoms with E-state index in [-0.39, 0.29) is 11.3 Å². The van der Waals surface area contributed by atoms with Crippen molar-refractivity contribution in [2.75, 3.05) is 7.11 Å². The molecule has 16 heavy (non-hydrogen) atoms. The SMILES string of the molecule is COC1(C(=O)c2ccccc2F)CCCC1. The van der Waals surface area contributed by atoms with Gasteiger partial charge in [0.1, 0.15) is 11.4 Å². The third-order valence-electron chi connectivity index (χ3n) is 3.33. The summed E-state index contributed by atoms with van der Waals surface area (Å²) in [6.07, 6.45) is 3.31. The Labute approximate surface area is 94.4 Å². The lowest BCUT2D eigenvalue weighted by Crippen LogP contribution is -2.38. The fourth-order valence-corrected chi connectivity index (χ4v) is 2.36. The van der Waals surface area contributed by atoms with E-state index in [1.807, 2.05) is 0 Å². The number of rotatable bonds is 3. The van der Waals surface area contributed by atoms with Gasteiger partial charge in [0.15, 0.2) is 5.78 Å². The second-order valence-corrected chi connectivity index (χ2v) is 4.21. The molecule has 1 fully saturated rings. The first-order valence-corrected chi connectivity index (χ1v) is 5.54. The molecule has 2 nitrogen and oxygen atoms in total. The van der Waals surface area contributed by atoms with Crippen molar-refractivity contribution in [3.8, 4) is 0 Å². The van der Waals surface area contributed by atoms with E-state index in [0.717, 1.165) is 12.8 Å². The summed E-state index contributed by atoms with van der Waals surface area (Å²) in [4.78, 5) is 12.3. The smallest absolute Gasteiger partial charge is 0.197 e. The molecule has 0 saturated heterocycles. The molecule has 0 radical (unpaired) electrons. The Morgan fingerprint density at radius 3 is 2.50 bits per heavy atom. The Morgan fingerprint density at radius 1 is 1.31 bits per heavy atom. The summed E-state index contributed by atoms with van der Waals surface area (Å²) in [7, 11) is 1.53. The lowest BCUT2D eigenvalue weighted by molar-refractivity contribution is 0.00569. The number of Topliss-reactive ketones (excluding diaryl/α,β-unsaturated/α-hetero) is 1. The van der Waals surface area contributed by atoms with Crippen LogP contribution in [0, 0.1) is 5.82 Å². The highest BCUT2D eigenvalue weighted by molar-refractivity contribution is 6.02. The van der Waals surface area contributed by atoms with Gasteiger partial charge < -0.3 is 4.74 Å². The monoisotopic (exact) mass is 222 g/mol. The summed E-state index contributed by atoms with van der Waals surface area (Å²) in [5.41, 5.74) is -0.645. The average molecular weight is 222 g/mol. The van der Waals surface area contributed by atoms with Crippen molar-refractivity contribution in [3.63, 3.8) is 0 Å². The summed E-state index contributed by atoms with van der Waals surface area (Å²) >= 11 is 0. The van der Waals surface area contributed by atoms with Gasteiger partial charge in [0, 0.05) is 7.11 Å². The Hall–Kier alpha value is -1.22. The van der Waals surface area contributed by atoms with Crippen LogP contribution >= 0.6 is 0 Å². The van der Waals surface area contributed by atoms with Gasteiger partial charge in [-0.15, -0.1) is 0 Å². The fraction of sp³-hybridized carbons (Fsp3) is 0.462. The minimum Gasteiger partial charge on any atom is -0.370 e. The topological polar surface area (TPSA) is 26.3 Å². The molecule has 0 amide bonds. The molecule has 1 aromatic carbocycles. The van der Waals surface area contributed by atoms with Gasteiger partial charge in [-0.1, -0.05) is 12.1 Å². The van der Waals surface area contributed by atoms with Gasteiger partial charge in [-0.2, -0.15) is 0 Å². The van der Waals surface area contributed by atoms with Crippen LogP contribution in [0.2, 0.25) is 0 Å². The van der Waals surface area contributed by atoms with Gasteiger partial charge in [0.2, 0.25) is 0 Å². The van der Waals surface area contributed by atoms with Gasteiger partial charge in [-0.05, 0) is 37.8 Å². The number of hydrogen-bond acceptors (Lipinski definition) is 2. The minimum atomic E-state index is -0.789. The number of hydrogen-bond donors (Lipinski definition) is 0. The number of carbonyl (C=O) groups excluding carboxylic acids is 1. The largest absolute Gasteiger partial charge is 0.370 e. The van der Waals surface area contributed by atoms with Gasteiger partial charge >= 0.3 is 0 Å². The molecule has 0 N–H and O–H groups in total. The predicted octanol–water partition coefficient (Wildman–Crippen LogP) is 2.97. The number of ketones is 1. The van der Waals surface area contributed by atoms with Gasteiger partial charge in [0.25, 0.3) is 0 Å². The Morgan fingerprint density at radius 2 is 1.94 bits per heavy atom. The molecule has 0 spiro atoms. The average Bonchev–Trinajstić information content (AvgIpc) is 2.78. The van der Waals surface area contributed by atoms with Gasteiger partial charge in [-0.25, -0.2) is 4.39 Å². The summed E-state index contributed by atoms with van der Waals surface area (Å²) in [5, 5.41) is 0. The van der Waals surface area contributed by atoms with Crippen molar-refractivity contribution in [2.45, 2.75) is 31.3 Å².